The second-order valence-corrected chi connectivity index (χ2v) is 4.83. The summed E-state index contributed by atoms with van der Waals surface area (Å²) < 4.78 is 5.23. The molecule has 2 N–H and O–H groups in total. The summed E-state index contributed by atoms with van der Waals surface area (Å²) >= 11 is 0. The first-order valence-electron chi connectivity index (χ1n) is 6.86. The minimum absolute atomic E-state index is 0.157. The van der Waals surface area contributed by atoms with E-state index in [1.807, 2.05) is 30.3 Å². The first-order valence-corrected chi connectivity index (χ1v) is 6.86. The number of rotatable bonds is 3. The molecular weight excluding hydrogens is 278 g/mol. The Morgan fingerprint density at radius 3 is 2.41 bits per heavy atom. The number of phenols is 1. The van der Waals surface area contributed by atoms with Crippen LogP contribution in [-0.2, 0) is 0 Å². The van der Waals surface area contributed by atoms with Gasteiger partial charge < -0.3 is 15.2 Å². The molecular formula is C18H15NO3. The minimum Gasteiger partial charge on any atom is -0.507 e. The molecule has 4 heteroatoms. The van der Waals surface area contributed by atoms with Crippen LogP contribution >= 0.6 is 0 Å². The van der Waals surface area contributed by atoms with Gasteiger partial charge in [0.2, 0.25) is 0 Å². The van der Waals surface area contributed by atoms with Crippen LogP contribution in [0, 0.1) is 0 Å². The second-order valence-electron chi connectivity index (χ2n) is 4.83. The van der Waals surface area contributed by atoms with Crippen molar-refractivity contribution in [3.05, 3.63) is 66.2 Å². The molecule has 0 aliphatic heterocycles. The van der Waals surface area contributed by atoms with E-state index in [9.17, 15) is 9.90 Å². The van der Waals surface area contributed by atoms with Crippen molar-refractivity contribution in [2.45, 2.75) is 0 Å². The van der Waals surface area contributed by atoms with E-state index in [1.54, 1.807) is 31.4 Å². The maximum absolute atomic E-state index is 12.6. The van der Waals surface area contributed by atoms with Gasteiger partial charge in [0.1, 0.15) is 11.5 Å². The molecule has 0 unspecified atom stereocenters. The summed E-state index contributed by atoms with van der Waals surface area (Å²) in [5, 5.41) is 14.1. The summed E-state index contributed by atoms with van der Waals surface area (Å²) in [6.07, 6.45) is 0. The number of ether oxygens (including phenoxy) is 1. The summed E-state index contributed by atoms with van der Waals surface area (Å²) in [5.41, 5.74) is 1.10. The number of methoxy groups -OCH3 is 1. The lowest BCUT2D eigenvalue weighted by Gasteiger charge is -2.11. The monoisotopic (exact) mass is 293 g/mol. The van der Waals surface area contributed by atoms with E-state index in [1.165, 1.54) is 6.07 Å². The molecule has 0 saturated heterocycles. The molecule has 0 aliphatic rings. The molecule has 110 valence electrons. The Bertz CT molecular complexity index is 843. The number of carbonyl (C=O) groups excluding carboxylic acids is 1. The van der Waals surface area contributed by atoms with Crippen molar-refractivity contribution >= 4 is 22.4 Å². The summed E-state index contributed by atoms with van der Waals surface area (Å²) in [7, 11) is 1.56. The predicted molar refractivity (Wildman–Crippen MR) is 86.6 cm³/mol. The Morgan fingerprint density at radius 2 is 1.64 bits per heavy atom. The number of fused-ring (bicyclic) bond motifs is 1. The third-order valence-corrected chi connectivity index (χ3v) is 3.50. The molecule has 0 atom stereocenters. The average molecular weight is 293 g/mol. The molecule has 0 aliphatic carbocycles. The molecule has 3 aromatic carbocycles. The number of hydrogen-bond donors (Lipinski definition) is 2. The van der Waals surface area contributed by atoms with Gasteiger partial charge in [0, 0.05) is 10.9 Å². The largest absolute Gasteiger partial charge is 0.507 e. The predicted octanol–water partition coefficient (Wildman–Crippen LogP) is 3.81. The zero-order chi connectivity index (χ0) is 15.5. The quantitative estimate of drug-likeness (QED) is 0.772. The van der Waals surface area contributed by atoms with Gasteiger partial charge in [0.25, 0.3) is 5.91 Å². The third-order valence-electron chi connectivity index (χ3n) is 3.50. The highest BCUT2D eigenvalue weighted by Crippen LogP contribution is 2.29. The van der Waals surface area contributed by atoms with Crippen LogP contribution in [0.15, 0.2) is 60.7 Å². The molecule has 0 fully saturated rings. The summed E-state index contributed by atoms with van der Waals surface area (Å²) in [4.78, 5) is 12.6. The molecule has 0 aromatic heterocycles. The van der Waals surface area contributed by atoms with Gasteiger partial charge in [-0.3, -0.25) is 4.79 Å². The van der Waals surface area contributed by atoms with E-state index in [0.717, 1.165) is 0 Å². The van der Waals surface area contributed by atoms with Gasteiger partial charge in [0.05, 0.1) is 12.8 Å². The molecule has 3 rings (SSSR count). The van der Waals surface area contributed by atoms with Crippen molar-refractivity contribution in [2.24, 2.45) is 0 Å². The van der Waals surface area contributed by atoms with Crippen LogP contribution in [0.25, 0.3) is 10.8 Å². The first-order chi connectivity index (χ1) is 10.7. The van der Waals surface area contributed by atoms with Crippen molar-refractivity contribution in [3.8, 4) is 11.5 Å². The van der Waals surface area contributed by atoms with E-state index in [2.05, 4.69) is 5.32 Å². The molecule has 22 heavy (non-hydrogen) atoms. The van der Waals surface area contributed by atoms with E-state index in [4.69, 9.17) is 4.74 Å². The Labute approximate surface area is 128 Å². The zero-order valence-corrected chi connectivity index (χ0v) is 12.0. The van der Waals surface area contributed by atoms with Crippen molar-refractivity contribution in [2.75, 3.05) is 12.4 Å². The smallest absolute Gasteiger partial charge is 0.256 e. The molecule has 0 radical (unpaired) electrons. The molecule has 0 spiro atoms. The Morgan fingerprint density at radius 1 is 0.955 bits per heavy atom. The van der Waals surface area contributed by atoms with Gasteiger partial charge in [-0.2, -0.15) is 0 Å². The van der Waals surface area contributed by atoms with Crippen LogP contribution in [0.4, 0.5) is 5.69 Å². The van der Waals surface area contributed by atoms with E-state index >= 15 is 0 Å². The SMILES string of the molecule is COc1ccccc1NC(=O)c1ccc(O)c2ccccc12. The van der Waals surface area contributed by atoms with Gasteiger partial charge in [-0.1, -0.05) is 36.4 Å². The van der Waals surface area contributed by atoms with E-state index < -0.39 is 0 Å². The van der Waals surface area contributed by atoms with Crippen LogP contribution in [0.3, 0.4) is 0 Å². The molecule has 4 nitrogen and oxygen atoms in total. The summed E-state index contributed by atoms with van der Waals surface area (Å²) in [5.74, 6) is 0.504. The highest BCUT2D eigenvalue weighted by atomic mass is 16.5. The van der Waals surface area contributed by atoms with Crippen molar-refractivity contribution in [1.29, 1.82) is 0 Å². The Hall–Kier alpha value is -3.01. The fourth-order valence-corrected chi connectivity index (χ4v) is 2.42. The van der Waals surface area contributed by atoms with E-state index in [-0.39, 0.29) is 11.7 Å². The lowest BCUT2D eigenvalue weighted by atomic mass is 10.0. The lowest BCUT2D eigenvalue weighted by Crippen LogP contribution is -2.13. The Balaban J connectivity index is 2.01. The molecule has 0 heterocycles. The maximum Gasteiger partial charge on any atom is 0.256 e. The van der Waals surface area contributed by atoms with Crippen molar-refractivity contribution < 1.29 is 14.6 Å². The van der Waals surface area contributed by atoms with Gasteiger partial charge in [-0.05, 0) is 29.7 Å². The van der Waals surface area contributed by atoms with Gasteiger partial charge in [0.15, 0.2) is 0 Å². The Kier molecular flexibility index (Phi) is 3.66. The number of phenolic OH excluding ortho intramolecular Hbond substituents is 1. The van der Waals surface area contributed by atoms with Gasteiger partial charge in [-0.15, -0.1) is 0 Å². The van der Waals surface area contributed by atoms with Crippen LogP contribution in [0.1, 0.15) is 10.4 Å². The minimum atomic E-state index is -0.249. The standard InChI is InChI=1S/C18H15NO3/c1-22-17-9-5-4-8-15(17)19-18(21)14-10-11-16(20)13-7-3-2-6-12(13)14/h2-11,20H,1H3,(H,19,21). The average Bonchev–Trinajstić information content (AvgIpc) is 2.56. The molecule has 0 saturated carbocycles. The van der Waals surface area contributed by atoms with Crippen LogP contribution in [-0.4, -0.2) is 18.1 Å². The van der Waals surface area contributed by atoms with Gasteiger partial charge in [-0.25, -0.2) is 0 Å². The fourth-order valence-electron chi connectivity index (χ4n) is 2.42. The van der Waals surface area contributed by atoms with Crippen LogP contribution in [0.5, 0.6) is 11.5 Å². The highest BCUT2D eigenvalue weighted by molar-refractivity contribution is 6.14. The zero-order valence-electron chi connectivity index (χ0n) is 12.0. The van der Waals surface area contributed by atoms with Gasteiger partial charge >= 0.3 is 0 Å². The normalized spacial score (nSPS) is 10.4. The number of carbonyl (C=O) groups is 1. The lowest BCUT2D eigenvalue weighted by molar-refractivity contribution is 0.102. The fraction of sp³-hybridized carbons (Fsp3) is 0.0556. The number of hydrogen-bond acceptors (Lipinski definition) is 3. The number of anilines is 1. The maximum atomic E-state index is 12.6. The number of aromatic hydroxyl groups is 1. The number of para-hydroxylation sites is 2. The summed E-state index contributed by atoms with van der Waals surface area (Å²) in [6, 6.07) is 17.6. The molecule has 3 aromatic rings. The second kappa shape index (κ2) is 5.77. The first kappa shape index (κ1) is 13.9. The summed E-state index contributed by atoms with van der Waals surface area (Å²) in [6.45, 7) is 0. The topological polar surface area (TPSA) is 58.6 Å². The molecule has 1 amide bonds. The van der Waals surface area contributed by atoms with Crippen molar-refractivity contribution in [3.63, 3.8) is 0 Å². The van der Waals surface area contributed by atoms with Crippen molar-refractivity contribution in [1.82, 2.24) is 0 Å². The van der Waals surface area contributed by atoms with Crippen LogP contribution in [0.2, 0.25) is 0 Å². The molecule has 0 bridgehead atoms. The number of nitrogens with one attached hydrogen (secondary N) is 1. The van der Waals surface area contributed by atoms with Crippen LogP contribution < -0.4 is 10.1 Å². The van der Waals surface area contributed by atoms with E-state index in [0.29, 0.717) is 27.8 Å². The highest BCUT2D eigenvalue weighted by Gasteiger charge is 2.13. The number of benzene rings is 3. The number of amides is 1. The third kappa shape index (κ3) is 2.46.